The fraction of sp³-hybridized carbons (Fsp3) is 0.500. The van der Waals surface area contributed by atoms with E-state index in [1.54, 1.807) is 0 Å². The molecule has 0 unspecified atom stereocenters. The van der Waals surface area contributed by atoms with Crippen molar-refractivity contribution in [2.45, 2.75) is 32.6 Å². The minimum absolute atomic E-state index is 0.274. The summed E-state index contributed by atoms with van der Waals surface area (Å²) >= 11 is 2.27. The summed E-state index contributed by atoms with van der Waals surface area (Å²) in [5.41, 5.74) is 0.889. The van der Waals surface area contributed by atoms with Crippen molar-refractivity contribution in [2.75, 3.05) is 0 Å². The smallest absolute Gasteiger partial charge is 0.165 e. The molecule has 0 N–H and O–H groups in total. The molecule has 86 valence electrons. The van der Waals surface area contributed by atoms with E-state index in [1.807, 2.05) is 24.3 Å². The molecule has 2 heteroatoms. The first-order valence-corrected chi connectivity index (χ1v) is 7.04. The predicted molar refractivity (Wildman–Crippen MR) is 74.6 cm³/mol. The van der Waals surface area contributed by atoms with Crippen LogP contribution < -0.4 is 0 Å². The molecule has 1 aliphatic rings. The van der Waals surface area contributed by atoms with Gasteiger partial charge in [0.05, 0.1) is 0 Å². The summed E-state index contributed by atoms with van der Waals surface area (Å²) in [4.78, 5) is 12.2. The second kappa shape index (κ2) is 5.30. The van der Waals surface area contributed by atoms with Crippen LogP contribution in [0.4, 0.5) is 0 Å². The van der Waals surface area contributed by atoms with Gasteiger partial charge in [-0.05, 0) is 53.5 Å². The Labute approximate surface area is 111 Å². The number of benzene rings is 1. The van der Waals surface area contributed by atoms with Crippen LogP contribution in [0.1, 0.15) is 43.0 Å². The highest BCUT2D eigenvalue weighted by atomic mass is 127. The first-order chi connectivity index (χ1) is 7.66. The van der Waals surface area contributed by atoms with Crippen LogP contribution in [0, 0.1) is 15.4 Å². The molecule has 1 aromatic carbocycles. The van der Waals surface area contributed by atoms with Crippen LogP contribution in [0.5, 0.6) is 0 Å². The lowest BCUT2D eigenvalue weighted by atomic mass is 9.79. The average molecular weight is 328 g/mol. The van der Waals surface area contributed by atoms with E-state index in [0.717, 1.165) is 24.3 Å². The molecule has 1 fully saturated rings. The lowest BCUT2D eigenvalue weighted by molar-refractivity contribution is 0.0875. The lowest BCUT2D eigenvalue weighted by Gasteiger charge is -2.25. The molecule has 0 amide bonds. The van der Waals surface area contributed by atoms with E-state index in [2.05, 4.69) is 29.5 Å². The zero-order valence-electron chi connectivity index (χ0n) is 9.58. The molecular formula is C14H17IO. The highest BCUT2D eigenvalue weighted by Crippen LogP contribution is 2.30. The quantitative estimate of drug-likeness (QED) is 0.584. The van der Waals surface area contributed by atoms with E-state index in [1.165, 1.54) is 16.4 Å². The maximum Gasteiger partial charge on any atom is 0.165 e. The van der Waals surface area contributed by atoms with Crippen LogP contribution in [-0.2, 0) is 0 Å². The monoisotopic (exact) mass is 328 g/mol. The van der Waals surface area contributed by atoms with Crippen LogP contribution in [0.3, 0.4) is 0 Å². The van der Waals surface area contributed by atoms with Crippen molar-refractivity contribution in [3.63, 3.8) is 0 Å². The number of carbonyl (C=O) groups is 1. The van der Waals surface area contributed by atoms with Gasteiger partial charge in [0, 0.05) is 15.1 Å². The maximum atomic E-state index is 12.2. The molecule has 1 aromatic rings. The number of carbonyl (C=O) groups excluding carboxylic acids is 1. The van der Waals surface area contributed by atoms with Crippen LogP contribution >= 0.6 is 22.6 Å². The van der Waals surface area contributed by atoms with Gasteiger partial charge in [0.2, 0.25) is 0 Å². The van der Waals surface area contributed by atoms with Gasteiger partial charge in [-0.1, -0.05) is 31.9 Å². The Morgan fingerprint density at radius 3 is 2.25 bits per heavy atom. The molecule has 0 atom stereocenters. The highest BCUT2D eigenvalue weighted by Gasteiger charge is 2.24. The van der Waals surface area contributed by atoms with E-state index < -0.39 is 0 Å². The summed E-state index contributed by atoms with van der Waals surface area (Å²) in [5, 5.41) is 0. The van der Waals surface area contributed by atoms with Gasteiger partial charge in [-0.25, -0.2) is 0 Å². The van der Waals surface area contributed by atoms with E-state index in [0.29, 0.717) is 5.78 Å². The minimum Gasteiger partial charge on any atom is -0.294 e. The van der Waals surface area contributed by atoms with Crippen LogP contribution in [0.15, 0.2) is 24.3 Å². The maximum absolute atomic E-state index is 12.2. The largest absolute Gasteiger partial charge is 0.294 e. The normalized spacial score (nSPS) is 25.4. The van der Waals surface area contributed by atoms with Crippen molar-refractivity contribution >= 4 is 28.4 Å². The first kappa shape index (κ1) is 12.1. The van der Waals surface area contributed by atoms with Gasteiger partial charge < -0.3 is 0 Å². The van der Waals surface area contributed by atoms with Crippen molar-refractivity contribution in [2.24, 2.45) is 11.8 Å². The SMILES string of the molecule is CC1CCC(C(=O)c2ccc(I)cc2)CC1. The van der Waals surface area contributed by atoms with Crippen LogP contribution in [0.25, 0.3) is 0 Å². The van der Waals surface area contributed by atoms with Gasteiger partial charge in [-0.15, -0.1) is 0 Å². The second-order valence-electron chi connectivity index (χ2n) is 4.83. The third-order valence-electron chi connectivity index (χ3n) is 3.52. The molecule has 0 spiro atoms. The molecule has 0 bridgehead atoms. The number of hydrogen-bond acceptors (Lipinski definition) is 1. The Balaban J connectivity index is 2.05. The molecule has 0 saturated heterocycles. The molecule has 0 heterocycles. The van der Waals surface area contributed by atoms with Crippen molar-refractivity contribution in [3.05, 3.63) is 33.4 Å². The summed E-state index contributed by atoms with van der Waals surface area (Å²) < 4.78 is 1.19. The summed E-state index contributed by atoms with van der Waals surface area (Å²) in [6, 6.07) is 7.95. The second-order valence-corrected chi connectivity index (χ2v) is 6.07. The summed E-state index contributed by atoms with van der Waals surface area (Å²) in [6.45, 7) is 2.28. The van der Waals surface area contributed by atoms with Gasteiger partial charge in [0.15, 0.2) is 5.78 Å². The van der Waals surface area contributed by atoms with Crippen LogP contribution in [-0.4, -0.2) is 5.78 Å². The number of Topliss-reactive ketones (excluding diaryl/α,β-unsaturated/α-hetero) is 1. The Hall–Kier alpha value is -0.380. The highest BCUT2D eigenvalue weighted by molar-refractivity contribution is 14.1. The number of halogens is 1. The Kier molecular flexibility index (Phi) is 4.00. The first-order valence-electron chi connectivity index (χ1n) is 5.96. The standard InChI is InChI=1S/C14H17IO/c1-10-2-4-11(5-3-10)14(16)12-6-8-13(15)9-7-12/h6-11H,2-5H2,1H3. The number of ketones is 1. The van der Waals surface area contributed by atoms with E-state index in [9.17, 15) is 4.79 Å². The van der Waals surface area contributed by atoms with Gasteiger partial charge in [0.25, 0.3) is 0 Å². The summed E-state index contributed by atoms with van der Waals surface area (Å²) in [7, 11) is 0. The van der Waals surface area contributed by atoms with Crippen LogP contribution in [0.2, 0.25) is 0 Å². The van der Waals surface area contributed by atoms with Gasteiger partial charge in [-0.3, -0.25) is 4.79 Å². The van der Waals surface area contributed by atoms with Crippen molar-refractivity contribution in [3.8, 4) is 0 Å². The topological polar surface area (TPSA) is 17.1 Å². The van der Waals surface area contributed by atoms with E-state index >= 15 is 0 Å². The summed E-state index contributed by atoms with van der Waals surface area (Å²) in [6.07, 6.45) is 4.57. The lowest BCUT2D eigenvalue weighted by Crippen LogP contribution is -2.20. The molecule has 0 aliphatic heterocycles. The van der Waals surface area contributed by atoms with Gasteiger partial charge in [0.1, 0.15) is 0 Å². The molecule has 0 radical (unpaired) electrons. The molecule has 2 rings (SSSR count). The van der Waals surface area contributed by atoms with Gasteiger partial charge in [-0.2, -0.15) is 0 Å². The molecule has 1 aliphatic carbocycles. The average Bonchev–Trinajstić information content (AvgIpc) is 2.30. The molecule has 1 saturated carbocycles. The third kappa shape index (κ3) is 2.84. The fourth-order valence-electron chi connectivity index (χ4n) is 2.37. The molecule has 0 aromatic heterocycles. The molecular weight excluding hydrogens is 311 g/mol. The Morgan fingerprint density at radius 1 is 1.12 bits per heavy atom. The number of hydrogen-bond donors (Lipinski definition) is 0. The van der Waals surface area contributed by atoms with Crippen molar-refractivity contribution < 1.29 is 4.79 Å². The summed E-state index contributed by atoms with van der Waals surface area (Å²) in [5.74, 6) is 1.43. The zero-order valence-corrected chi connectivity index (χ0v) is 11.7. The van der Waals surface area contributed by atoms with Crippen molar-refractivity contribution in [1.82, 2.24) is 0 Å². The van der Waals surface area contributed by atoms with E-state index in [-0.39, 0.29) is 5.92 Å². The van der Waals surface area contributed by atoms with Crippen molar-refractivity contribution in [1.29, 1.82) is 0 Å². The number of rotatable bonds is 2. The molecule has 16 heavy (non-hydrogen) atoms. The zero-order chi connectivity index (χ0) is 11.5. The van der Waals surface area contributed by atoms with Gasteiger partial charge >= 0.3 is 0 Å². The predicted octanol–water partition coefficient (Wildman–Crippen LogP) is 4.30. The Bertz CT molecular complexity index is 361. The van der Waals surface area contributed by atoms with E-state index in [4.69, 9.17) is 0 Å². The Morgan fingerprint density at radius 2 is 1.69 bits per heavy atom. The fourth-order valence-corrected chi connectivity index (χ4v) is 2.73. The third-order valence-corrected chi connectivity index (χ3v) is 4.23. The minimum atomic E-state index is 0.274. The molecule has 1 nitrogen and oxygen atoms in total.